The van der Waals surface area contributed by atoms with E-state index in [1.807, 2.05) is 24.3 Å². The first kappa shape index (κ1) is 19.9. The van der Waals surface area contributed by atoms with Crippen molar-refractivity contribution >= 4 is 16.9 Å². The van der Waals surface area contributed by atoms with Gasteiger partial charge in [-0.25, -0.2) is 9.18 Å². The number of carbonyl (C=O) groups excluding carboxylic acids is 1. The van der Waals surface area contributed by atoms with Crippen LogP contribution < -0.4 is 5.63 Å². The summed E-state index contributed by atoms with van der Waals surface area (Å²) in [5.74, 6) is -0.434. The zero-order valence-corrected chi connectivity index (χ0v) is 17.4. The van der Waals surface area contributed by atoms with Gasteiger partial charge >= 0.3 is 5.63 Å². The molecule has 6 heteroatoms. The minimum absolute atomic E-state index is 0.00376. The van der Waals surface area contributed by atoms with Crippen molar-refractivity contribution in [2.45, 2.75) is 25.8 Å². The number of likely N-dealkylation sites (tertiary alicyclic amines) is 2. The van der Waals surface area contributed by atoms with E-state index >= 15 is 0 Å². The molecule has 2 saturated heterocycles. The summed E-state index contributed by atoms with van der Waals surface area (Å²) in [6, 6.07) is 15.8. The van der Waals surface area contributed by atoms with Gasteiger partial charge < -0.3 is 9.32 Å². The Balaban J connectivity index is 1.32. The van der Waals surface area contributed by atoms with Crippen LogP contribution in [0.15, 0.2) is 63.8 Å². The summed E-state index contributed by atoms with van der Waals surface area (Å²) >= 11 is 0. The van der Waals surface area contributed by atoms with Crippen LogP contribution in [0.5, 0.6) is 0 Å². The van der Waals surface area contributed by atoms with Crippen LogP contribution in [0.25, 0.3) is 11.0 Å². The van der Waals surface area contributed by atoms with Gasteiger partial charge in [-0.15, -0.1) is 0 Å². The minimum atomic E-state index is -0.588. The van der Waals surface area contributed by atoms with Gasteiger partial charge in [-0.1, -0.05) is 36.4 Å². The molecule has 2 fully saturated rings. The Labute approximate surface area is 180 Å². The lowest BCUT2D eigenvalue weighted by atomic mass is 9.79. The highest BCUT2D eigenvalue weighted by molar-refractivity contribution is 5.96. The normalized spacial score (nSPS) is 21.8. The zero-order chi connectivity index (χ0) is 21.4. The van der Waals surface area contributed by atoms with Crippen LogP contribution in [0.4, 0.5) is 4.39 Å². The third-order valence-electron chi connectivity index (χ3n) is 6.69. The molecule has 0 N–H and O–H groups in total. The van der Waals surface area contributed by atoms with Gasteiger partial charge in [-0.2, -0.15) is 0 Å². The van der Waals surface area contributed by atoms with E-state index < -0.39 is 5.63 Å². The van der Waals surface area contributed by atoms with Gasteiger partial charge in [-0.3, -0.25) is 9.69 Å². The van der Waals surface area contributed by atoms with E-state index in [0.29, 0.717) is 30.8 Å². The third-order valence-corrected chi connectivity index (χ3v) is 6.69. The van der Waals surface area contributed by atoms with E-state index in [0.717, 1.165) is 37.7 Å². The van der Waals surface area contributed by atoms with Crippen molar-refractivity contribution in [2.24, 2.45) is 5.41 Å². The van der Waals surface area contributed by atoms with Crippen molar-refractivity contribution in [2.75, 3.05) is 26.2 Å². The smallest absolute Gasteiger partial charge is 0.349 e. The van der Waals surface area contributed by atoms with Gasteiger partial charge in [0.15, 0.2) is 0 Å². The molecular formula is C25H25FN2O3. The van der Waals surface area contributed by atoms with Crippen LogP contribution in [-0.2, 0) is 6.54 Å². The van der Waals surface area contributed by atoms with Crippen LogP contribution in [0.2, 0.25) is 0 Å². The average molecular weight is 420 g/mol. The lowest BCUT2D eigenvalue weighted by Crippen LogP contribution is -2.45. The first-order valence-electron chi connectivity index (χ1n) is 10.8. The highest BCUT2D eigenvalue weighted by atomic mass is 19.1. The molecule has 0 aliphatic carbocycles. The maximum atomic E-state index is 14.1. The molecule has 0 radical (unpaired) electrons. The van der Waals surface area contributed by atoms with Crippen LogP contribution in [-0.4, -0.2) is 41.9 Å². The molecule has 2 aromatic carbocycles. The van der Waals surface area contributed by atoms with Gasteiger partial charge in [0, 0.05) is 42.5 Å². The summed E-state index contributed by atoms with van der Waals surface area (Å²) < 4.78 is 19.5. The number of nitrogens with zero attached hydrogens (tertiary/aromatic N) is 2. The van der Waals surface area contributed by atoms with Gasteiger partial charge in [0.05, 0.1) is 0 Å². The molecule has 1 unspecified atom stereocenters. The molecule has 0 saturated carbocycles. The summed E-state index contributed by atoms with van der Waals surface area (Å²) in [6.45, 7) is 3.58. The molecule has 2 aliphatic heterocycles. The van der Waals surface area contributed by atoms with E-state index in [9.17, 15) is 14.0 Å². The lowest BCUT2D eigenvalue weighted by Gasteiger charge is -2.40. The monoisotopic (exact) mass is 420 g/mol. The largest absolute Gasteiger partial charge is 0.422 e. The van der Waals surface area contributed by atoms with Crippen LogP contribution in [0, 0.1) is 11.2 Å². The number of fused-ring (bicyclic) bond motifs is 1. The lowest BCUT2D eigenvalue weighted by molar-refractivity contribution is 0.0670. The van der Waals surface area contributed by atoms with E-state index in [-0.39, 0.29) is 22.7 Å². The van der Waals surface area contributed by atoms with Crippen molar-refractivity contribution in [3.63, 3.8) is 0 Å². The molecule has 1 aromatic heterocycles. The predicted molar refractivity (Wildman–Crippen MR) is 116 cm³/mol. The van der Waals surface area contributed by atoms with Gasteiger partial charge in [-0.05, 0) is 44.0 Å². The Morgan fingerprint density at radius 1 is 1.03 bits per heavy atom. The van der Waals surface area contributed by atoms with Crippen LogP contribution in [0.3, 0.4) is 0 Å². The molecule has 31 heavy (non-hydrogen) atoms. The highest BCUT2D eigenvalue weighted by Gasteiger charge is 2.43. The summed E-state index contributed by atoms with van der Waals surface area (Å²) in [5.41, 5.74) is 0.692. The Bertz CT molecular complexity index is 1190. The second-order valence-electron chi connectivity index (χ2n) is 8.87. The fraction of sp³-hybridized carbons (Fsp3) is 0.360. The quantitative estimate of drug-likeness (QED) is 0.600. The molecular weight excluding hydrogens is 395 g/mol. The molecule has 3 aromatic rings. The fourth-order valence-electron chi connectivity index (χ4n) is 5.14. The number of piperidine rings is 1. The first-order chi connectivity index (χ1) is 15.0. The maximum absolute atomic E-state index is 14.1. The number of halogens is 1. The van der Waals surface area contributed by atoms with Crippen molar-refractivity contribution in [3.8, 4) is 0 Å². The molecule has 5 nitrogen and oxygen atoms in total. The van der Waals surface area contributed by atoms with Crippen LogP contribution in [0.1, 0.15) is 35.2 Å². The maximum Gasteiger partial charge on any atom is 0.349 e. The zero-order valence-electron chi connectivity index (χ0n) is 17.4. The van der Waals surface area contributed by atoms with E-state index in [1.165, 1.54) is 6.07 Å². The number of benzene rings is 2. The Morgan fingerprint density at radius 3 is 2.71 bits per heavy atom. The summed E-state index contributed by atoms with van der Waals surface area (Å²) in [5, 5.41) is 0.744. The molecule has 3 heterocycles. The highest BCUT2D eigenvalue weighted by Crippen LogP contribution is 2.39. The number of carbonyl (C=O) groups is 1. The minimum Gasteiger partial charge on any atom is -0.422 e. The number of hydrogen-bond donors (Lipinski definition) is 0. The molecule has 1 amide bonds. The second kappa shape index (κ2) is 7.93. The topological polar surface area (TPSA) is 53.8 Å². The van der Waals surface area contributed by atoms with E-state index in [1.54, 1.807) is 29.2 Å². The molecule has 160 valence electrons. The van der Waals surface area contributed by atoms with E-state index in [2.05, 4.69) is 4.90 Å². The fourth-order valence-corrected chi connectivity index (χ4v) is 5.14. The Kier molecular flexibility index (Phi) is 5.10. The average Bonchev–Trinajstić information content (AvgIpc) is 3.17. The SMILES string of the molecule is O=C(c1cc2ccccc2oc1=O)N1CCC2(CCCN(Cc3ccccc3F)C2)C1. The summed E-state index contributed by atoms with van der Waals surface area (Å²) in [4.78, 5) is 29.7. The van der Waals surface area contributed by atoms with Crippen LogP contribution >= 0.6 is 0 Å². The number of para-hydroxylation sites is 1. The number of amides is 1. The molecule has 1 spiro atoms. The molecule has 1 atom stereocenters. The first-order valence-corrected chi connectivity index (χ1v) is 10.8. The Hall–Kier alpha value is -2.99. The van der Waals surface area contributed by atoms with Crippen molar-refractivity contribution in [1.82, 2.24) is 9.80 Å². The van der Waals surface area contributed by atoms with Crippen molar-refractivity contribution in [3.05, 3.63) is 82.0 Å². The van der Waals surface area contributed by atoms with Crippen molar-refractivity contribution in [1.29, 1.82) is 0 Å². The predicted octanol–water partition coefficient (Wildman–Crippen LogP) is 4.06. The standard InChI is InChI=1S/C25H25FN2O3/c26-21-8-3-1-7-19(21)15-27-12-5-10-25(16-27)11-13-28(17-25)23(29)20-14-18-6-2-4-9-22(18)31-24(20)30/h1-4,6-9,14H,5,10-13,15-17H2. The molecule has 0 bridgehead atoms. The van der Waals surface area contributed by atoms with E-state index in [4.69, 9.17) is 4.42 Å². The van der Waals surface area contributed by atoms with Crippen molar-refractivity contribution < 1.29 is 13.6 Å². The van der Waals surface area contributed by atoms with Gasteiger partial charge in [0.1, 0.15) is 17.0 Å². The number of hydrogen-bond acceptors (Lipinski definition) is 4. The third kappa shape index (κ3) is 3.88. The summed E-state index contributed by atoms with van der Waals surface area (Å²) in [7, 11) is 0. The number of rotatable bonds is 3. The second-order valence-corrected chi connectivity index (χ2v) is 8.87. The molecule has 5 rings (SSSR count). The van der Waals surface area contributed by atoms with Gasteiger partial charge in [0.2, 0.25) is 0 Å². The summed E-state index contributed by atoms with van der Waals surface area (Å²) in [6.07, 6.45) is 2.96. The molecule has 2 aliphatic rings. The Morgan fingerprint density at radius 2 is 1.84 bits per heavy atom. The van der Waals surface area contributed by atoms with Gasteiger partial charge in [0.25, 0.3) is 5.91 Å².